The van der Waals surface area contributed by atoms with Gasteiger partial charge in [-0.3, -0.25) is 14.5 Å². The third kappa shape index (κ3) is 4.56. The summed E-state index contributed by atoms with van der Waals surface area (Å²) in [5.74, 6) is -4.60. The van der Waals surface area contributed by atoms with E-state index < -0.39 is 58.1 Å². The Morgan fingerprint density at radius 2 is 1.79 bits per heavy atom. The molecule has 2 aromatic rings. The van der Waals surface area contributed by atoms with Crippen molar-refractivity contribution in [1.82, 2.24) is 14.4 Å². The van der Waals surface area contributed by atoms with Crippen molar-refractivity contribution in [3.8, 4) is 0 Å². The number of halogens is 1. The minimum atomic E-state index is -1.37. The number of aromatic nitrogens is 1. The first-order valence-corrected chi connectivity index (χ1v) is 14.3. The molecule has 1 aliphatic carbocycles. The van der Waals surface area contributed by atoms with Gasteiger partial charge in [0, 0.05) is 43.8 Å². The molecule has 3 atom stereocenters. The number of aliphatic hydroxyl groups is 1. The van der Waals surface area contributed by atoms with Crippen molar-refractivity contribution >= 4 is 52.3 Å². The number of aliphatic hydroxyl groups excluding tert-OH is 1. The van der Waals surface area contributed by atoms with Gasteiger partial charge in [-0.2, -0.15) is 0 Å². The number of nitrogens with zero attached hydrogens (tertiary/aromatic N) is 4. The number of fused-ring (bicyclic) bond motifs is 2. The van der Waals surface area contributed by atoms with Crippen LogP contribution in [-0.2, 0) is 14.3 Å². The van der Waals surface area contributed by atoms with Crippen LogP contribution in [0.15, 0.2) is 33.7 Å². The first-order chi connectivity index (χ1) is 20.0. The molecule has 1 aromatic heterocycles. The number of amides is 2. The smallest absolute Gasteiger partial charge is 0.410 e. The second-order valence-electron chi connectivity index (χ2n) is 10.7. The van der Waals surface area contributed by atoms with Crippen LogP contribution in [0.3, 0.4) is 0 Å². The van der Waals surface area contributed by atoms with E-state index in [9.17, 15) is 39.3 Å². The highest BCUT2D eigenvalue weighted by Gasteiger charge is 2.57. The number of piperazine rings is 1. The van der Waals surface area contributed by atoms with Gasteiger partial charge in [0.15, 0.2) is 0 Å². The van der Waals surface area contributed by atoms with Gasteiger partial charge in [-0.05, 0) is 31.9 Å². The number of β-lactam (4-membered cyclic amide) rings is 1. The standard InChI is InChI=1S/C27H27FN4O9S/c1-12(33)20-23(35)32-21(26(38)39)19(42-24(20)32)11-41-27(40)30-6-4-29(5-7-30)18-9-17-14(8-16(18)28)22(34)15(25(36)37)10-31(17)13-2-3-13/h8-10,12-13,20,24,33H,2-7,11H2,1H3,(H,36,37)(H,38,39)/t12-,20-,24-/m1/s1. The number of aliphatic carboxylic acids is 1. The van der Waals surface area contributed by atoms with Gasteiger partial charge in [-0.1, -0.05) is 11.8 Å². The van der Waals surface area contributed by atoms with Crippen molar-refractivity contribution in [2.45, 2.75) is 37.3 Å². The highest BCUT2D eigenvalue weighted by atomic mass is 32.2. The zero-order valence-corrected chi connectivity index (χ0v) is 23.2. The minimum Gasteiger partial charge on any atom is -0.477 e. The predicted octanol–water partition coefficient (Wildman–Crippen LogP) is 1.64. The Bertz CT molecular complexity index is 1630. The van der Waals surface area contributed by atoms with Crippen molar-refractivity contribution in [2.75, 3.05) is 37.7 Å². The second-order valence-corrected chi connectivity index (χ2v) is 11.9. The molecule has 15 heteroatoms. The lowest BCUT2D eigenvalue weighted by Crippen LogP contribution is -2.60. The van der Waals surface area contributed by atoms with Crippen molar-refractivity contribution in [1.29, 1.82) is 0 Å². The second kappa shape index (κ2) is 10.3. The number of thioether (sulfide) groups is 1. The van der Waals surface area contributed by atoms with Crippen LogP contribution in [0.4, 0.5) is 14.9 Å². The zero-order valence-electron chi connectivity index (χ0n) is 22.4. The van der Waals surface area contributed by atoms with Crippen LogP contribution in [-0.4, -0.2) is 97.9 Å². The largest absolute Gasteiger partial charge is 0.477 e. The number of carbonyl (C=O) groups is 4. The molecule has 4 heterocycles. The quantitative estimate of drug-likeness (QED) is 0.394. The van der Waals surface area contributed by atoms with Gasteiger partial charge in [-0.25, -0.2) is 18.8 Å². The predicted molar refractivity (Wildman–Crippen MR) is 147 cm³/mol. The molecule has 0 radical (unpaired) electrons. The highest BCUT2D eigenvalue weighted by Crippen LogP contribution is 2.50. The summed E-state index contributed by atoms with van der Waals surface area (Å²) in [6, 6.07) is 2.66. The zero-order chi connectivity index (χ0) is 30.0. The van der Waals surface area contributed by atoms with Crippen LogP contribution in [0.1, 0.15) is 36.2 Å². The summed E-state index contributed by atoms with van der Waals surface area (Å²) in [6.45, 7) is 1.96. The highest BCUT2D eigenvalue weighted by molar-refractivity contribution is 8.04. The third-order valence-corrected chi connectivity index (χ3v) is 9.39. The monoisotopic (exact) mass is 602 g/mol. The molecule has 0 unspecified atom stereocenters. The minimum absolute atomic E-state index is 0.00342. The number of hydrogen-bond acceptors (Lipinski definition) is 9. The SMILES string of the molecule is C[C@@H](O)[C@@H]1C(=O)N2C(C(=O)O)=C(COC(=O)N3CCN(c4cc5c(cc4F)c(=O)c(C(=O)O)cn5C4CC4)CC3)S[C@H]12. The lowest BCUT2D eigenvalue weighted by atomic mass is 9.92. The number of aromatic carboxylic acids is 1. The fourth-order valence-electron chi connectivity index (χ4n) is 5.71. The van der Waals surface area contributed by atoms with E-state index in [0.717, 1.165) is 35.6 Å². The van der Waals surface area contributed by atoms with Crippen LogP contribution < -0.4 is 10.3 Å². The molecule has 6 rings (SSSR count). The maximum Gasteiger partial charge on any atom is 0.410 e. The molecule has 42 heavy (non-hydrogen) atoms. The number of ether oxygens (including phenoxy) is 1. The molecule has 2 saturated heterocycles. The van der Waals surface area contributed by atoms with Gasteiger partial charge in [0.1, 0.15) is 29.1 Å². The number of carboxylic acid groups (broad SMARTS) is 2. The topological polar surface area (TPSA) is 170 Å². The van der Waals surface area contributed by atoms with Crippen LogP contribution in [0.5, 0.6) is 0 Å². The van der Waals surface area contributed by atoms with E-state index in [1.165, 1.54) is 18.0 Å². The Labute approximate surface area is 241 Å². The molecule has 2 amide bonds. The van der Waals surface area contributed by atoms with Gasteiger partial charge in [0.2, 0.25) is 11.3 Å². The van der Waals surface area contributed by atoms with Crippen molar-refractivity contribution in [2.24, 2.45) is 5.92 Å². The number of carbonyl (C=O) groups excluding carboxylic acids is 2. The Morgan fingerprint density at radius 1 is 1.10 bits per heavy atom. The number of anilines is 1. The van der Waals surface area contributed by atoms with Crippen molar-refractivity contribution < 1.29 is 43.6 Å². The average molecular weight is 603 g/mol. The molecule has 222 valence electrons. The van der Waals surface area contributed by atoms with Crippen LogP contribution >= 0.6 is 11.8 Å². The summed E-state index contributed by atoms with van der Waals surface area (Å²) in [4.78, 5) is 65.8. The van der Waals surface area contributed by atoms with Crippen LogP contribution in [0.25, 0.3) is 10.9 Å². The van der Waals surface area contributed by atoms with Crippen molar-refractivity contribution in [3.05, 3.63) is 50.5 Å². The van der Waals surface area contributed by atoms with Gasteiger partial charge < -0.3 is 34.4 Å². The molecule has 3 aliphatic heterocycles. The Balaban J connectivity index is 1.13. The number of pyridine rings is 1. The lowest BCUT2D eigenvalue weighted by Gasteiger charge is -2.43. The maximum absolute atomic E-state index is 15.2. The van der Waals surface area contributed by atoms with E-state index in [1.54, 1.807) is 15.5 Å². The lowest BCUT2D eigenvalue weighted by molar-refractivity contribution is -0.156. The van der Waals surface area contributed by atoms with Gasteiger partial charge in [0.05, 0.1) is 28.1 Å². The summed E-state index contributed by atoms with van der Waals surface area (Å²) < 4.78 is 22.4. The molecular weight excluding hydrogens is 575 g/mol. The number of carboxylic acids is 2. The third-order valence-electron chi connectivity index (χ3n) is 8.05. The molecule has 4 aliphatic rings. The Kier molecular flexibility index (Phi) is 6.88. The van der Waals surface area contributed by atoms with Crippen LogP contribution in [0, 0.1) is 11.7 Å². The van der Waals surface area contributed by atoms with Gasteiger partial charge in [-0.15, -0.1) is 0 Å². The first-order valence-electron chi connectivity index (χ1n) is 13.4. The molecule has 1 saturated carbocycles. The molecule has 13 nitrogen and oxygen atoms in total. The molecule has 3 N–H and O–H groups in total. The Hall–Kier alpha value is -4.11. The fourth-order valence-corrected chi connectivity index (χ4v) is 7.23. The fraction of sp³-hybridized carbons (Fsp3) is 0.444. The number of benzene rings is 1. The number of rotatable bonds is 7. The van der Waals surface area contributed by atoms with E-state index in [4.69, 9.17) is 4.74 Å². The number of hydrogen-bond donors (Lipinski definition) is 3. The van der Waals surface area contributed by atoms with E-state index >= 15 is 4.39 Å². The average Bonchev–Trinajstić information content (AvgIpc) is 3.73. The Morgan fingerprint density at radius 3 is 2.38 bits per heavy atom. The maximum atomic E-state index is 15.2. The van der Waals surface area contributed by atoms with Gasteiger partial charge >= 0.3 is 18.0 Å². The molecule has 0 spiro atoms. The van der Waals surface area contributed by atoms with Gasteiger partial charge in [0.25, 0.3) is 0 Å². The van der Waals surface area contributed by atoms with E-state index in [1.807, 2.05) is 0 Å². The summed E-state index contributed by atoms with van der Waals surface area (Å²) >= 11 is 1.08. The molecule has 1 aromatic carbocycles. The van der Waals surface area contributed by atoms with Crippen LogP contribution in [0.2, 0.25) is 0 Å². The molecular formula is C27H27FN4O9S. The summed E-state index contributed by atoms with van der Waals surface area (Å²) in [5, 5.41) is 28.4. The molecule has 3 fully saturated rings. The molecule has 0 bridgehead atoms. The normalized spacial score (nSPS) is 22.7. The van der Waals surface area contributed by atoms with E-state index in [2.05, 4.69) is 0 Å². The summed E-state index contributed by atoms with van der Waals surface area (Å²) in [6.07, 6.45) is 1.32. The van der Waals surface area contributed by atoms with Crippen molar-refractivity contribution in [3.63, 3.8) is 0 Å². The summed E-state index contributed by atoms with van der Waals surface area (Å²) in [7, 11) is 0. The summed E-state index contributed by atoms with van der Waals surface area (Å²) in [5.41, 5.74) is -0.729. The first kappa shape index (κ1) is 28.0. The van der Waals surface area contributed by atoms with E-state index in [0.29, 0.717) is 5.52 Å². The van der Waals surface area contributed by atoms with E-state index in [-0.39, 0.29) is 60.5 Å².